The fourth-order valence-corrected chi connectivity index (χ4v) is 3.44. The van der Waals surface area contributed by atoms with E-state index in [1.165, 1.54) is 0 Å². The molecular weight excluding hydrogens is 454 g/mol. The lowest BCUT2D eigenvalue weighted by Gasteiger charge is -2.09. The average molecular weight is 477 g/mol. The van der Waals surface area contributed by atoms with E-state index in [0.29, 0.717) is 30.3 Å². The van der Waals surface area contributed by atoms with Gasteiger partial charge in [-0.1, -0.05) is 35.9 Å². The molecule has 0 saturated heterocycles. The van der Waals surface area contributed by atoms with Gasteiger partial charge in [0, 0.05) is 18.7 Å². The summed E-state index contributed by atoms with van der Waals surface area (Å²) >= 11 is 9.62. The van der Waals surface area contributed by atoms with E-state index in [1.807, 2.05) is 67.1 Å². The third kappa shape index (κ3) is 5.61. The van der Waals surface area contributed by atoms with Gasteiger partial charge in [0.1, 0.15) is 12.4 Å². The Morgan fingerprint density at radius 1 is 1.17 bits per heavy atom. The highest BCUT2D eigenvalue weighted by Crippen LogP contribution is 2.24. The first-order chi connectivity index (χ1) is 14.0. The minimum absolute atomic E-state index is 0.0883. The largest absolute Gasteiger partial charge is 0.488 e. The van der Waals surface area contributed by atoms with Gasteiger partial charge in [-0.3, -0.25) is 9.48 Å². The quantitative estimate of drug-likeness (QED) is 0.448. The molecule has 1 aromatic heterocycles. The number of carbonyl (C=O) groups excluding carboxylic acids is 1. The van der Waals surface area contributed by atoms with Gasteiger partial charge in [0.15, 0.2) is 0 Å². The van der Waals surface area contributed by atoms with E-state index in [9.17, 15) is 4.79 Å². The van der Waals surface area contributed by atoms with Gasteiger partial charge in [-0.25, -0.2) is 0 Å². The lowest BCUT2D eigenvalue weighted by molar-refractivity contribution is 0.0952. The van der Waals surface area contributed by atoms with Gasteiger partial charge in [0.25, 0.3) is 5.91 Å². The van der Waals surface area contributed by atoms with Crippen LogP contribution in [-0.2, 0) is 13.2 Å². The molecule has 1 heterocycles. The summed E-state index contributed by atoms with van der Waals surface area (Å²) in [5.74, 6) is 0.702. The van der Waals surface area contributed by atoms with Crippen molar-refractivity contribution in [2.75, 3.05) is 6.54 Å². The maximum absolute atomic E-state index is 12.3. The van der Waals surface area contributed by atoms with Gasteiger partial charge in [0.05, 0.1) is 20.9 Å². The number of aromatic nitrogens is 2. The Labute approximate surface area is 184 Å². The summed E-state index contributed by atoms with van der Waals surface area (Å²) in [7, 11) is 0. The Morgan fingerprint density at radius 2 is 1.90 bits per heavy atom. The topological polar surface area (TPSA) is 56.2 Å². The van der Waals surface area contributed by atoms with Crippen LogP contribution in [-0.4, -0.2) is 22.2 Å². The first-order valence-corrected chi connectivity index (χ1v) is 10.6. The minimum Gasteiger partial charge on any atom is -0.488 e. The lowest BCUT2D eigenvalue weighted by Crippen LogP contribution is -2.25. The molecule has 1 amide bonds. The van der Waals surface area contributed by atoms with Crippen LogP contribution in [0.25, 0.3) is 0 Å². The zero-order chi connectivity index (χ0) is 20.8. The Hall–Kier alpha value is -2.31. The number of ether oxygens (including phenoxy) is 1. The molecule has 0 unspecified atom stereocenters. The molecule has 7 heteroatoms. The van der Waals surface area contributed by atoms with Crippen molar-refractivity contribution in [3.8, 4) is 5.75 Å². The van der Waals surface area contributed by atoms with Crippen molar-refractivity contribution in [3.05, 3.63) is 80.5 Å². The predicted molar refractivity (Wildman–Crippen MR) is 119 cm³/mol. The van der Waals surface area contributed by atoms with Crippen LogP contribution in [0.15, 0.2) is 53.0 Å². The number of amides is 1. The normalized spacial score (nSPS) is 10.8. The number of hydrogen-bond donors (Lipinski definition) is 1. The molecule has 3 rings (SSSR count). The van der Waals surface area contributed by atoms with E-state index >= 15 is 0 Å². The van der Waals surface area contributed by atoms with E-state index in [-0.39, 0.29) is 5.91 Å². The second kappa shape index (κ2) is 9.94. The van der Waals surface area contributed by atoms with Crippen molar-refractivity contribution < 1.29 is 9.53 Å². The highest BCUT2D eigenvalue weighted by molar-refractivity contribution is 9.10. The van der Waals surface area contributed by atoms with E-state index in [4.69, 9.17) is 16.3 Å². The molecule has 0 radical (unpaired) electrons. The van der Waals surface area contributed by atoms with Crippen LogP contribution in [0, 0.1) is 13.8 Å². The number of para-hydroxylation sites is 1. The Balaban J connectivity index is 1.45. The summed E-state index contributed by atoms with van der Waals surface area (Å²) in [6, 6.07) is 15.2. The molecule has 0 fully saturated rings. The van der Waals surface area contributed by atoms with Crippen LogP contribution in [0.3, 0.4) is 0 Å². The van der Waals surface area contributed by atoms with E-state index in [0.717, 1.165) is 33.6 Å². The number of rotatable bonds is 8. The molecule has 0 saturated carbocycles. The molecule has 1 N–H and O–H groups in total. The monoisotopic (exact) mass is 475 g/mol. The van der Waals surface area contributed by atoms with Gasteiger partial charge >= 0.3 is 0 Å². The Kier molecular flexibility index (Phi) is 7.34. The highest BCUT2D eigenvalue weighted by Gasteiger charge is 2.09. The van der Waals surface area contributed by atoms with Gasteiger partial charge in [-0.2, -0.15) is 5.10 Å². The molecule has 29 heavy (non-hydrogen) atoms. The minimum atomic E-state index is -0.0883. The third-order valence-corrected chi connectivity index (χ3v) is 5.77. The average Bonchev–Trinajstić information content (AvgIpc) is 2.97. The Bertz CT molecular complexity index is 986. The molecule has 3 aromatic rings. The first kappa shape index (κ1) is 21.4. The van der Waals surface area contributed by atoms with Gasteiger partial charge in [-0.15, -0.1) is 0 Å². The van der Waals surface area contributed by atoms with Crippen molar-refractivity contribution in [1.29, 1.82) is 0 Å². The molecule has 0 aliphatic rings. The Morgan fingerprint density at radius 3 is 2.55 bits per heavy atom. The van der Waals surface area contributed by atoms with Crippen molar-refractivity contribution in [1.82, 2.24) is 15.1 Å². The summed E-state index contributed by atoms with van der Waals surface area (Å²) in [6.07, 6.45) is 0.780. The predicted octanol–water partition coefficient (Wildman–Crippen LogP) is 5.31. The van der Waals surface area contributed by atoms with Gasteiger partial charge in [0.2, 0.25) is 0 Å². The fraction of sp³-hybridized carbons (Fsp3) is 0.273. The zero-order valence-electron chi connectivity index (χ0n) is 16.4. The van der Waals surface area contributed by atoms with Crippen molar-refractivity contribution in [2.45, 2.75) is 33.4 Å². The van der Waals surface area contributed by atoms with E-state index < -0.39 is 0 Å². The summed E-state index contributed by atoms with van der Waals surface area (Å²) in [6.45, 7) is 5.56. The second-order valence-electron chi connectivity index (χ2n) is 6.73. The number of nitrogens with one attached hydrogen (secondary N) is 1. The molecule has 2 aromatic carbocycles. The summed E-state index contributed by atoms with van der Waals surface area (Å²) in [4.78, 5) is 12.3. The first-order valence-electron chi connectivity index (χ1n) is 9.39. The van der Waals surface area contributed by atoms with Gasteiger partial charge in [-0.05, 0) is 66.0 Å². The number of hydrogen-bond acceptors (Lipinski definition) is 3. The number of aryl methyl sites for hydroxylation is 2. The van der Waals surface area contributed by atoms with Crippen LogP contribution >= 0.6 is 27.5 Å². The molecule has 152 valence electrons. The summed E-state index contributed by atoms with van der Waals surface area (Å²) < 4.78 is 8.59. The highest BCUT2D eigenvalue weighted by atomic mass is 79.9. The van der Waals surface area contributed by atoms with Crippen molar-refractivity contribution in [3.63, 3.8) is 0 Å². The second-order valence-corrected chi connectivity index (χ2v) is 7.97. The summed E-state index contributed by atoms with van der Waals surface area (Å²) in [5.41, 5.74) is 3.41. The SMILES string of the molecule is Cc1nn(CCCNC(=O)c2ccc(COc3ccccc3Br)cc2)c(C)c1Cl. The molecule has 0 atom stereocenters. The lowest BCUT2D eigenvalue weighted by atomic mass is 10.1. The van der Waals surface area contributed by atoms with Gasteiger partial charge < -0.3 is 10.1 Å². The van der Waals surface area contributed by atoms with Crippen LogP contribution in [0.1, 0.15) is 33.7 Å². The number of halogens is 2. The molecule has 0 spiro atoms. The number of carbonyl (C=O) groups is 1. The smallest absolute Gasteiger partial charge is 0.251 e. The maximum Gasteiger partial charge on any atom is 0.251 e. The van der Waals surface area contributed by atoms with E-state index in [2.05, 4.69) is 26.3 Å². The van der Waals surface area contributed by atoms with Crippen LogP contribution in [0.5, 0.6) is 5.75 Å². The summed E-state index contributed by atoms with van der Waals surface area (Å²) in [5, 5.41) is 8.05. The maximum atomic E-state index is 12.3. The van der Waals surface area contributed by atoms with Crippen LogP contribution in [0.2, 0.25) is 5.02 Å². The third-order valence-electron chi connectivity index (χ3n) is 4.57. The zero-order valence-corrected chi connectivity index (χ0v) is 18.8. The molecule has 0 aliphatic carbocycles. The number of nitrogens with zero attached hydrogens (tertiary/aromatic N) is 2. The van der Waals surface area contributed by atoms with E-state index in [1.54, 1.807) is 0 Å². The fourth-order valence-electron chi connectivity index (χ4n) is 2.90. The van der Waals surface area contributed by atoms with Crippen molar-refractivity contribution in [2.24, 2.45) is 0 Å². The standard InChI is InChI=1S/C22H23BrClN3O2/c1-15-21(24)16(2)27(26-15)13-5-12-25-22(28)18-10-8-17(9-11-18)14-29-20-7-4-3-6-19(20)23/h3-4,6-11H,5,12-14H2,1-2H3,(H,25,28). The van der Waals surface area contributed by atoms with Crippen molar-refractivity contribution >= 4 is 33.4 Å². The van der Waals surface area contributed by atoms with Crippen LogP contribution < -0.4 is 10.1 Å². The molecular formula is C22H23BrClN3O2. The molecule has 5 nitrogen and oxygen atoms in total. The van der Waals surface area contributed by atoms with Crippen LogP contribution in [0.4, 0.5) is 0 Å². The number of benzene rings is 2. The molecule has 0 bridgehead atoms. The molecule has 0 aliphatic heterocycles.